The van der Waals surface area contributed by atoms with Crippen molar-refractivity contribution >= 4 is 21.8 Å². The van der Waals surface area contributed by atoms with Gasteiger partial charge in [-0.15, -0.1) is 0 Å². The second-order valence-corrected chi connectivity index (χ2v) is 9.34. The normalized spacial score (nSPS) is 15.1. The number of esters is 1. The van der Waals surface area contributed by atoms with Crippen LogP contribution in [-0.4, -0.2) is 57.4 Å². The summed E-state index contributed by atoms with van der Waals surface area (Å²) in [6.45, 7) is 4.18. The van der Waals surface area contributed by atoms with E-state index in [4.69, 9.17) is 9.47 Å². The van der Waals surface area contributed by atoms with Gasteiger partial charge in [0, 0.05) is 18.7 Å². The van der Waals surface area contributed by atoms with Gasteiger partial charge in [0.1, 0.15) is 10.7 Å². The predicted molar refractivity (Wildman–Crippen MR) is 111 cm³/mol. The fraction of sp³-hybridized carbons (Fsp3) is 0.364. The third kappa shape index (κ3) is 5.36. The Morgan fingerprint density at radius 2 is 1.68 bits per heavy atom. The number of carbonyl (C=O) groups excluding carboxylic acids is 2. The summed E-state index contributed by atoms with van der Waals surface area (Å²) in [5.74, 6) is -1.95. The second kappa shape index (κ2) is 9.67. The number of ketones is 1. The van der Waals surface area contributed by atoms with E-state index in [2.05, 4.69) is 0 Å². The van der Waals surface area contributed by atoms with Gasteiger partial charge in [-0.25, -0.2) is 17.6 Å². The van der Waals surface area contributed by atoms with Gasteiger partial charge in [0.05, 0.1) is 18.8 Å². The number of nitrogens with zero attached hydrogens (tertiary/aromatic N) is 1. The SMILES string of the molecule is CC(C)c1ccc(C(=O)COC(=O)c2ccc(F)c(S(=O)(=O)N3CCOCC3)c2)cc1. The summed E-state index contributed by atoms with van der Waals surface area (Å²) >= 11 is 0. The zero-order valence-corrected chi connectivity index (χ0v) is 18.2. The highest BCUT2D eigenvalue weighted by atomic mass is 32.2. The van der Waals surface area contributed by atoms with Crippen molar-refractivity contribution in [3.63, 3.8) is 0 Å². The molecule has 0 amide bonds. The zero-order chi connectivity index (χ0) is 22.6. The maximum atomic E-state index is 14.3. The van der Waals surface area contributed by atoms with Gasteiger partial charge in [-0.2, -0.15) is 4.31 Å². The van der Waals surface area contributed by atoms with Crippen molar-refractivity contribution in [2.45, 2.75) is 24.7 Å². The summed E-state index contributed by atoms with van der Waals surface area (Å²) in [7, 11) is -4.13. The smallest absolute Gasteiger partial charge is 0.338 e. The van der Waals surface area contributed by atoms with E-state index >= 15 is 0 Å². The molecule has 2 aromatic carbocycles. The van der Waals surface area contributed by atoms with Crippen LogP contribution in [0.25, 0.3) is 0 Å². The Hall–Kier alpha value is -2.62. The van der Waals surface area contributed by atoms with Crippen LogP contribution in [0, 0.1) is 5.82 Å². The zero-order valence-electron chi connectivity index (χ0n) is 17.3. The Morgan fingerprint density at radius 1 is 1.06 bits per heavy atom. The number of carbonyl (C=O) groups is 2. The van der Waals surface area contributed by atoms with E-state index in [9.17, 15) is 22.4 Å². The van der Waals surface area contributed by atoms with Gasteiger partial charge in [0.25, 0.3) is 0 Å². The molecule has 1 aliphatic heterocycles. The summed E-state index contributed by atoms with van der Waals surface area (Å²) in [5.41, 5.74) is 1.32. The van der Waals surface area contributed by atoms with Crippen molar-refractivity contribution < 1.29 is 31.9 Å². The minimum atomic E-state index is -4.13. The predicted octanol–water partition coefficient (Wildman–Crippen LogP) is 3.01. The first-order chi connectivity index (χ1) is 14.7. The van der Waals surface area contributed by atoms with Gasteiger partial charge in [0.15, 0.2) is 12.4 Å². The first-order valence-corrected chi connectivity index (χ1v) is 11.3. The minimum absolute atomic E-state index is 0.0978. The fourth-order valence-corrected chi connectivity index (χ4v) is 4.60. The van der Waals surface area contributed by atoms with Crippen LogP contribution in [-0.2, 0) is 19.5 Å². The van der Waals surface area contributed by atoms with E-state index < -0.39 is 39.1 Å². The highest BCUT2D eigenvalue weighted by molar-refractivity contribution is 7.89. The molecule has 0 atom stereocenters. The lowest BCUT2D eigenvalue weighted by molar-refractivity contribution is 0.0474. The van der Waals surface area contributed by atoms with E-state index in [1.54, 1.807) is 12.1 Å². The molecule has 166 valence electrons. The Morgan fingerprint density at radius 3 is 2.29 bits per heavy atom. The molecule has 0 unspecified atom stereocenters. The summed E-state index contributed by atoms with van der Waals surface area (Å²) in [4.78, 5) is 24.1. The molecule has 9 heteroatoms. The number of Topliss-reactive ketones (excluding diaryl/α,β-unsaturated/α-hetero) is 1. The van der Waals surface area contributed by atoms with Crippen LogP contribution in [0.1, 0.15) is 46.0 Å². The van der Waals surface area contributed by atoms with Crippen molar-refractivity contribution in [2.24, 2.45) is 0 Å². The van der Waals surface area contributed by atoms with Gasteiger partial charge in [-0.05, 0) is 29.7 Å². The third-order valence-corrected chi connectivity index (χ3v) is 6.90. The molecule has 1 aliphatic rings. The van der Waals surface area contributed by atoms with Crippen molar-refractivity contribution in [1.29, 1.82) is 0 Å². The van der Waals surface area contributed by atoms with E-state index in [0.717, 1.165) is 28.1 Å². The van der Waals surface area contributed by atoms with E-state index in [1.165, 1.54) is 0 Å². The summed E-state index contributed by atoms with van der Waals surface area (Å²) in [5, 5.41) is 0. The van der Waals surface area contributed by atoms with Crippen LogP contribution in [0.5, 0.6) is 0 Å². The molecule has 0 bridgehead atoms. The Balaban J connectivity index is 1.70. The molecule has 0 radical (unpaired) electrons. The van der Waals surface area contributed by atoms with Crippen LogP contribution in [0.4, 0.5) is 4.39 Å². The highest BCUT2D eigenvalue weighted by Crippen LogP contribution is 2.22. The first kappa shape index (κ1) is 23.1. The number of halogens is 1. The molecular formula is C22H24FNO6S. The number of sulfonamides is 1. The molecule has 0 aromatic heterocycles. The molecule has 31 heavy (non-hydrogen) atoms. The maximum Gasteiger partial charge on any atom is 0.338 e. The van der Waals surface area contributed by atoms with Crippen LogP contribution in [0.2, 0.25) is 0 Å². The number of hydrogen-bond donors (Lipinski definition) is 0. The molecule has 7 nitrogen and oxygen atoms in total. The monoisotopic (exact) mass is 449 g/mol. The molecule has 0 spiro atoms. The van der Waals surface area contributed by atoms with E-state index in [0.29, 0.717) is 11.5 Å². The van der Waals surface area contributed by atoms with Gasteiger partial charge in [0.2, 0.25) is 10.0 Å². The fourth-order valence-electron chi connectivity index (χ4n) is 3.11. The van der Waals surface area contributed by atoms with Crippen LogP contribution in [0.3, 0.4) is 0 Å². The minimum Gasteiger partial charge on any atom is -0.454 e. The van der Waals surface area contributed by atoms with Crippen molar-refractivity contribution in [3.8, 4) is 0 Å². The second-order valence-electron chi connectivity index (χ2n) is 7.44. The third-order valence-electron chi connectivity index (χ3n) is 4.99. The number of hydrogen-bond acceptors (Lipinski definition) is 6. The molecule has 3 rings (SSSR count). The molecule has 2 aromatic rings. The number of morpholine rings is 1. The maximum absolute atomic E-state index is 14.3. The number of benzene rings is 2. The van der Waals surface area contributed by atoms with Crippen LogP contribution >= 0.6 is 0 Å². The van der Waals surface area contributed by atoms with Gasteiger partial charge < -0.3 is 9.47 Å². The summed E-state index contributed by atoms with van der Waals surface area (Å²) in [6, 6.07) is 9.95. The quantitative estimate of drug-likeness (QED) is 0.477. The average molecular weight is 450 g/mol. The molecule has 1 heterocycles. The van der Waals surface area contributed by atoms with Crippen molar-refractivity contribution in [3.05, 3.63) is 65.0 Å². The average Bonchev–Trinajstić information content (AvgIpc) is 2.78. The summed E-state index contributed by atoms with van der Waals surface area (Å²) < 4.78 is 51.0. The van der Waals surface area contributed by atoms with Gasteiger partial charge >= 0.3 is 5.97 Å². The first-order valence-electron chi connectivity index (χ1n) is 9.88. The van der Waals surface area contributed by atoms with Crippen molar-refractivity contribution in [1.82, 2.24) is 4.31 Å². The highest BCUT2D eigenvalue weighted by Gasteiger charge is 2.30. The largest absolute Gasteiger partial charge is 0.454 e. The van der Waals surface area contributed by atoms with E-state index in [-0.39, 0.29) is 31.9 Å². The molecule has 0 aliphatic carbocycles. The van der Waals surface area contributed by atoms with Gasteiger partial charge in [-0.3, -0.25) is 4.79 Å². The van der Waals surface area contributed by atoms with Crippen LogP contribution in [0.15, 0.2) is 47.4 Å². The molecule has 0 saturated carbocycles. The standard InChI is InChI=1S/C22H24FNO6S/c1-15(2)16-3-5-17(6-4-16)20(25)14-30-22(26)18-7-8-19(23)21(13-18)31(27,28)24-9-11-29-12-10-24/h3-8,13,15H,9-12,14H2,1-2H3. The summed E-state index contributed by atoms with van der Waals surface area (Å²) in [6.07, 6.45) is 0. The Kier molecular flexibility index (Phi) is 7.19. The van der Waals surface area contributed by atoms with Crippen molar-refractivity contribution in [2.75, 3.05) is 32.9 Å². The Bertz CT molecular complexity index is 1060. The lowest BCUT2D eigenvalue weighted by Gasteiger charge is -2.26. The number of ether oxygens (including phenoxy) is 2. The molecular weight excluding hydrogens is 425 g/mol. The molecule has 1 fully saturated rings. The molecule has 1 saturated heterocycles. The van der Waals surface area contributed by atoms with Gasteiger partial charge in [-0.1, -0.05) is 38.1 Å². The molecule has 0 N–H and O–H groups in total. The van der Waals surface area contributed by atoms with Crippen LogP contribution < -0.4 is 0 Å². The topological polar surface area (TPSA) is 90.0 Å². The number of rotatable bonds is 7. The Labute approximate surface area is 180 Å². The lowest BCUT2D eigenvalue weighted by atomic mass is 10.0. The van der Waals surface area contributed by atoms with E-state index in [1.807, 2.05) is 26.0 Å². The lowest BCUT2D eigenvalue weighted by Crippen LogP contribution is -2.41.